The molecular weight excluding hydrogens is 488 g/mol. The SMILES string of the molecule is CS(=O)(=O)NCCNC(=O)C1Cc2ccccc2N1C(=O)CCN1CCC2(CCc3ccccc32)CC1. The lowest BCUT2D eigenvalue weighted by atomic mass is 9.74. The molecule has 2 heterocycles. The molecule has 2 aromatic rings. The van der Waals surface area contributed by atoms with Crippen LogP contribution in [0.3, 0.4) is 0 Å². The Morgan fingerprint density at radius 1 is 0.973 bits per heavy atom. The fraction of sp³-hybridized carbons (Fsp3) is 0.500. The second-order valence-corrected chi connectivity index (χ2v) is 12.4. The summed E-state index contributed by atoms with van der Waals surface area (Å²) in [5, 5.41) is 2.79. The van der Waals surface area contributed by atoms with E-state index in [4.69, 9.17) is 0 Å². The Bertz CT molecular complexity index is 1270. The number of amides is 2. The van der Waals surface area contributed by atoms with Crippen molar-refractivity contribution in [2.75, 3.05) is 43.9 Å². The summed E-state index contributed by atoms with van der Waals surface area (Å²) in [6, 6.07) is 15.9. The highest BCUT2D eigenvalue weighted by molar-refractivity contribution is 7.88. The van der Waals surface area contributed by atoms with Gasteiger partial charge in [-0.05, 0) is 66.9 Å². The molecule has 2 N–H and O–H groups in total. The van der Waals surface area contributed by atoms with E-state index in [1.807, 2.05) is 24.3 Å². The molecule has 9 heteroatoms. The number of hydrogen-bond acceptors (Lipinski definition) is 5. The van der Waals surface area contributed by atoms with Crippen molar-refractivity contribution in [3.8, 4) is 0 Å². The number of nitrogens with one attached hydrogen (secondary N) is 2. The van der Waals surface area contributed by atoms with Gasteiger partial charge in [-0.3, -0.25) is 14.5 Å². The van der Waals surface area contributed by atoms with Gasteiger partial charge in [-0.25, -0.2) is 13.1 Å². The summed E-state index contributed by atoms with van der Waals surface area (Å²) < 4.78 is 24.9. The molecule has 1 spiro atoms. The van der Waals surface area contributed by atoms with E-state index in [0.717, 1.165) is 49.9 Å². The fourth-order valence-corrected chi connectivity index (χ4v) is 6.78. The largest absolute Gasteiger partial charge is 0.353 e. The molecule has 3 aliphatic rings. The number of likely N-dealkylation sites (tertiary alicyclic amines) is 1. The molecule has 8 nitrogen and oxygen atoms in total. The molecule has 0 saturated carbocycles. The van der Waals surface area contributed by atoms with Gasteiger partial charge in [-0.15, -0.1) is 0 Å². The number of rotatable bonds is 8. The number of carbonyl (C=O) groups is 2. The van der Waals surface area contributed by atoms with Crippen molar-refractivity contribution in [2.24, 2.45) is 0 Å². The van der Waals surface area contributed by atoms with Crippen molar-refractivity contribution in [3.63, 3.8) is 0 Å². The van der Waals surface area contributed by atoms with Crippen molar-refractivity contribution in [1.82, 2.24) is 14.9 Å². The molecule has 2 aliphatic heterocycles. The number of fused-ring (bicyclic) bond motifs is 3. The van der Waals surface area contributed by atoms with Crippen LogP contribution in [0.2, 0.25) is 0 Å². The molecule has 1 fully saturated rings. The maximum Gasteiger partial charge on any atom is 0.243 e. The number of nitrogens with zero attached hydrogens (tertiary/aromatic N) is 2. The minimum atomic E-state index is -3.32. The Labute approximate surface area is 219 Å². The molecule has 1 aliphatic carbocycles. The highest BCUT2D eigenvalue weighted by Gasteiger charge is 2.41. The third kappa shape index (κ3) is 5.58. The van der Waals surface area contributed by atoms with Crippen LogP contribution < -0.4 is 14.9 Å². The number of para-hydroxylation sites is 1. The maximum atomic E-state index is 13.5. The summed E-state index contributed by atoms with van der Waals surface area (Å²) >= 11 is 0. The maximum absolute atomic E-state index is 13.5. The Kier molecular flexibility index (Phi) is 7.38. The minimum absolute atomic E-state index is 0.0501. The van der Waals surface area contributed by atoms with Crippen LogP contribution in [0, 0.1) is 0 Å². The van der Waals surface area contributed by atoms with Crippen LogP contribution in [-0.2, 0) is 37.9 Å². The average Bonchev–Trinajstić information content (AvgIpc) is 3.45. The van der Waals surface area contributed by atoms with E-state index in [1.54, 1.807) is 4.90 Å². The number of hydrogen-bond donors (Lipinski definition) is 2. The lowest BCUT2D eigenvalue weighted by molar-refractivity contribution is -0.126. The highest BCUT2D eigenvalue weighted by atomic mass is 32.2. The summed E-state index contributed by atoms with van der Waals surface area (Å²) in [6.45, 7) is 2.92. The number of benzene rings is 2. The Balaban J connectivity index is 1.18. The smallest absolute Gasteiger partial charge is 0.243 e. The summed E-state index contributed by atoms with van der Waals surface area (Å²) in [5.74, 6) is -0.314. The van der Waals surface area contributed by atoms with Crippen molar-refractivity contribution in [2.45, 2.75) is 50.0 Å². The summed E-state index contributed by atoms with van der Waals surface area (Å²) in [4.78, 5) is 30.5. The van der Waals surface area contributed by atoms with Crippen molar-refractivity contribution in [3.05, 3.63) is 65.2 Å². The predicted octanol–water partition coefficient (Wildman–Crippen LogP) is 1.98. The first kappa shape index (κ1) is 25.9. The van der Waals surface area contributed by atoms with Gasteiger partial charge in [0.15, 0.2) is 0 Å². The number of aryl methyl sites for hydroxylation is 1. The van der Waals surface area contributed by atoms with Crippen LogP contribution in [0.5, 0.6) is 0 Å². The standard InChI is InChI=1S/C28H36N4O4S/c1-37(35,36)30-16-15-29-27(34)25-20-22-7-3-5-9-24(22)32(25)26(33)11-17-31-18-13-28(14-19-31)12-10-21-6-2-4-8-23(21)28/h2-9,25,30H,10-20H2,1H3,(H,29,34). The Morgan fingerprint density at radius 3 is 2.43 bits per heavy atom. The molecule has 198 valence electrons. The van der Waals surface area contributed by atoms with E-state index in [2.05, 4.69) is 39.2 Å². The monoisotopic (exact) mass is 524 g/mol. The first-order valence-electron chi connectivity index (χ1n) is 13.2. The van der Waals surface area contributed by atoms with Crippen LogP contribution >= 0.6 is 0 Å². The van der Waals surface area contributed by atoms with Gasteiger partial charge in [-0.2, -0.15) is 0 Å². The zero-order valence-corrected chi connectivity index (χ0v) is 22.2. The van der Waals surface area contributed by atoms with E-state index in [0.29, 0.717) is 24.8 Å². The van der Waals surface area contributed by atoms with E-state index in [1.165, 1.54) is 17.5 Å². The number of anilines is 1. The van der Waals surface area contributed by atoms with E-state index < -0.39 is 16.1 Å². The van der Waals surface area contributed by atoms with Gasteiger partial charge in [0, 0.05) is 38.2 Å². The molecule has 0 radical (unpaired) electrons. The van der Waals surface area contributed by atoms with Gasteiger partial charge < -0.3 is 10.2 Å². The summed E-state index contributed by atoms with van der Waals surface area (Å²) in [6.07, 6.45) is 6.53. The molecule has 2 aromatic carbocycles. The predicted molar refractivity (Wildman–Crippen MR) is 144 cm³/mol. The lowest BCUT2D eigenvalue weighted by Crippen LogP contribution is -2.50. The number of carbonyl (C=O) groups excluding carboxylic acids is 2. The van der Waals surface area contributed by atoms with Gasteiger partial charge in [0.1, 0.15) is 6.04 Å². The second-order valence-electron chi connectivity index (χ2n) is 10.6. The van der Waals surface area contributed by atoms with Crippen molar-refractivity contribution >= 4 is 27.5 Å². The highest BCUT2D eigenvalue weighted by Crippen LogP contribution is 2.46. The molecular formula is C28H36N4O4S. The fourth-order valence-electron chi connectivity index (χ4n) is 6.31. The third-order valence-corrected chi connectivity index (χ3v) is 8.98. The van der Waals surface area contributed by atoms with Gasteiger partial charge >= 0.3 is 0 Å². The summed E-state index contributed by atoms with van der Waals surface area (Å²) in [7, 11) is -3.32. The second kappa shape index (κ2) is 10.6. The molecule has 5 rings (SSSR count). The molecule has 0 aromatic heterocycles. The molecule has 1 unspecified atom stereocenters. The van der Waals surface area contributed by atoms with Crippen molar-refractivity contribution < 1.29 is 18.0 Å². The van der Waals surface area contributed by atoms with Gasteiger partial charge in [0.25, 0.3) is 0 Å². The van der Waals surface area contributed by atoms with Crippen LogP contribution in [0.15, 0.2) is 48.5 Å². The number of piperidine rings is 1. The average molecular weight is 525 g/mol. The van der Waals surface area contributed by atoms with E-state index in [9.17, 15) is 18.0 Å². The molecule has 1 atom stereocenters. The Morgan fingerprint density at radius 2 is 1.68 bits per heavy atom. The quantitative estimate of drug-likeness (QED) is 0.515. The third-order valence-electron chi connectivity index (χ3n) is 8.25. The van der Waals surface area contributed by atoms with E-state index in [-0.39, 0.29) is 24.9 Å². The topological polar surface area (TPSA) is 98.8 Å². The number of sulfonamides is 1. The molecule has 37 heavy (non-hydrogen) atoms. The first-order chi connectivity index (χ1) is 17.8. The van der Waals surface area contributed by atoms with Crippen molar-refractivity contribution in [1.29, 1.82) is 0 Å². The first-order valence-corrected chi connectivity index (χ1v) is 15.1. The van der Waals surface area contributed by atoms with Crippen LogP contribution in [0.4, 0.5) is 5.69 Å². The van der Waals surface area contributed by atoms with Crippen LogP contribution in [0.1, 0.15) is 42.4 Å². The minimum Gasteiger partial charge on any atom is -0.353 e. The summed E-state index contributed by atoms with van der Waals surface area (Å²) in [5.41, 5.74) is 5.09. The molecule has 1 saturated heterocycles. The molecule has 2 amide bonds. The van der Waals surface area contributed by atoms with E-state index >= 15 is 0 Å². The lowest BCUT2D eigenvalue weighted by Gasteiger charge is -2.40. The van der Waals surface area contributed by atoms with Gasteiger partial charge in [0.2, 0.25) is 21.8 Å². The zero-order valence-electron chi connectivity index (χ0n) is 21.4. The molecule has 0 bridgehead atoms. The van der Waals surface area contributed by atoms with Crippen LogP contribution in [-0.4, -0.2) is 70.2 Å². The van der Waals surface area contributed by atoms with Crippen LogP contribution in [0.25, 0.3) is 0 Å². The van der Waals surface area contributed by atoms with Gasteiger partial charge in [0.05, 0.1) is 6.26 Å². The normalized spacial score (nSPS) is 20.6. The zero-order chi connectivity index (χ0) is 26.0. The van der Waals surface area contributed by atoms with Gasteiger partial charge in [-0.1, -0.05) is 42.5 Å². The Hall–Kier alpha value is -2.75.